The second-order valence-electron chi connectivity index (χ2n) is 7.37. The standard InChI is InChI=1S/C22H24ClN3O6/c1-12-8-15(17(31-4)10-14(12)23)24-19(27)11-26-20(28)22(2,25-21(26)29)13-6-7-16(30-3)18(9-13)32-5/h6-10H,11H2,1-5H3,(H,24,27)(H,25,29). The fourth-order valence-corrected chi connectivity index (χ4v) is 3.60. The number of rotatable bonds is 7. The van der Waals surface area contributed by atoms with Crippen LogP contribution in [-0.4, -0.2) is 50.6 Å². The highest BCUT2D eigenvalue weighted by Gasteiger charge is 2.49. The monoisotopic (exact) mass is 461 g/mol. The van der Waals surface area contributed by atoms with Crippen molar-refractivity contribution in [2.45, 2.75) is 19.4 Å². The highest BCUT2D eigenvalue weighted by Crippen LogP contribution is 2.35. The first-order chi connectivity index (χ1) is 15.1. The summed E-state index contributed by atoms with van der Waals surface area (Å²) in [5.74, 6) is 0.130. The largest absolute Gasteiger partial charge is 0.495 e. The summed E-state index contributed by atoms with van der Waals surface area (Å²) in [4.78, 5) is 39.2. The van der Waals surface area contributed by atoms with E-state index in [1.807, 2.05) is 0 Å². The van der Waals surface area contributed by atoms with E-state index in [9.17, 15) is 14.4 Å². The van der Waals surface area contributed by atoms with Crippen LogP contribution in [-0.2, 0) is 15.1 Å². The van der Waals surface area contributed by atoms with Gasteiger partial charge in [0.1, 0.15) is 17.8 Å². The second-order valence-corrected chi connectivity index (χ2v) is 7.77. The molecule has 0 saturated carbocycles. The molecule has 10 heteroatoms. The molecular formula is C22H24ClN3O6. The minimum atomic E-state index is -1.37. The molecule has 1 aliphatic heterocycles. The Hall–Kier alpha value is -3.46. The fourth-order valence-electron chi connectivity index (χ4n) is 3.45. The Morgan fingerprint density at radius 2 is 1.72 bits per heavy atom. The molecule has 0 aromatic heterocycles. The average Bonchev–Trinajstić information content (AvgIpc) is 2.99. The molecule has 1 saturated heterocycles. The van der Waals surface area contributed by atoms with Crippen molar-refractivity contribution in [1.29, 1.82) is 0 Å². The van der Waals surface area contributed by atoms with Gasteiger partial charge in [-0.25, -0.2) is 4.79 Å². The normalized spacial score (nSPS) is 17.8. The summed E-state index contributed by atoms with van der Waals surface area (Å²) in [6, 6.07) is 7.46. The number of halogens is 1. The molecule has 9 nitrogen and oxygen atoms in total. The molecule has 0 spiro atoms. The van der Waals surface area contributed by atoms with E-state index in [0.29, 0.717) is 33.5 Å². The number of benzene rings is 2. The lowest BCUT2D eigenvalue weighted by Crippen LogP contribution is -2.42. The molecule has 2 N–H and O–H groups in total. The van der Waals surface area contributed by atoms with E-state index >= 15 is 0 Å². The Morgan fingerprint density at radius 3 is 2.34 bits per heavy atom. The van der Waals surface area contributed by atoms with Crippen molar-refractivity contribution < 1.29 is 28.6 Å². The minimum absolute atomic E-state index is 0.362. The lowest BCUT2D eigenvalue weighted by molar-refractivity contribution is -0.133. The van der Waals surface area contributed by atoms with Crippen LogP contribution in [0.25, 0.3) is 0 Å². The van der Waals surface area contributed by atoms with Gasteiger partial charge in [-0.2, -0.15) is 0 Å². The number of methoxy groups -OCH3 is 3. The summed E-state index contributed by atoms with van der Waals surface area (Å²) in [6.45, 7) is 2.87. The lowest BCUT2D eigenvalue weighted by Gasteiger charge is -2.23. The third-order valence-corrected chi connectivity index (χ3v) is 5.70. The van der Waals surface area contributed by atoms with Crippen molar-refractivity contribution in [3.63, 3.8) is 0 Å². The first kappa shape index (κ1) is 23.2. The molecule has 0 aliphatic carbocycles. The Labute approximate surface area is 190 Å². The Morgan fingerprint density at radius 1 is 1.06 bits per heavy atom. The van der Waals surface area contributed by atoms with Gasteiger partial charge in [0.25, 0.3) is 5.91 Å². The fraction of sp³-hybridized carbons (Fsp3) is 0.318. The molecule has 32 heavy (non-hydrogen) atoms. The molecule has 1 aliphatic rings. The zero-order valence-electron chi connectivity index (χ0n) is 18.4. The number of nitrogens with one attached hydrogen (secondary N) is 2. The molecule has 0 bridgehead atoms. The number of ether oxygens (including phenoxy) is 3. The van der Waals surface area contributed by atoms with Gasteiger partial charge in [-0.3, -0.25) is 14.5 Å². The number of urea groups is 1. The zero-order valence-corrected chi connectivity index (χ0v) is 19.1. The van der Waals surface area contributed by atoms with E-state index < -0.39 is 29.9 Å². The number of carbonyl (C=O) groups is 3. The average molecular weight is 462 g/mol. The smallest absolute Gasteiger partial charge is 0.325 e. The number of anilines is 1. The maximum Gasteiger partial charge on any atom is 0.325 e. The van der Waals surface area contributed by atoms with Crippen LogP contribution in [0, 0.1) is 6.92 Å². The third-order valence-electron chi connectivity index (χ3n) is 5.29. The van der Waals surface area contributed by atoms with E-state index in [4.69, 9.17) is 25.8 Å². The second kappa shape index (κ2) is 8.96. The number of hydrogen-bond acceptors (Lipinski definition) is 6. The van der Waals surface area contributed by atoms with E-state index in [1.165, 1.54) is 21.3 Å². The third kappa shape index (κ3) is 4.16. The van der Waals surface area contributed by atoms with Crippen LogP contribution in [0.15, 0.2) is 30.3 Å². The molecule has 0 radical (unpaired) electrons. The maximum atomic E-state index is 13.2. The summed E-state index contributed by atoms with van der Waals surface area (Å²) in [6.07, 6.45) is 0. The Balaban J connectivity index is 1.81. The van der Waals surface area contributed by atoms with E-state index in [1.54, 1.807) is 44.2 Å². The highest BCUT2D eigenvalue weighted by molar-refractivity contribution is 6.31. The molecule has 170 valence electrons. The number of hydrogen-bond donors (Lipinski definition) is 2. The van der Waals surface area contributed by atoms with Crippen LogP contribution in [0.2, 0.25) is 5.02 Å². The van der Waals surface area contributed by atoms with Gasteiger partial charge in [-0.15, -0.1) is 0 Å². The SMILES string of the molecule is COc1cc(Cl)c(C)cc1NC(=O)CN1C(=O)NC(C)(c2ccc(OC)c(OC)c2)C1=O. The number of carbonyl (C=O) groups excluding carboxylic acids is 3. The molecule has 1 fully saturated rings. The van der Waals surface area contributed by atoms with Crippen LogP contribution in [0.5, 0.6) is 17.2 Å². The summed E-state index contributed by atoms with van der Waals surface area (Å²) in [5.41, 5.74) is 0.241. The molecule has 3 rings (SSSR count). The quantitative estimate of drug-likeness (QED) is 0.614. The highest BCUT2D eigenvalue weighted by atomic mass is 35.5. The molecule has 1 heterocycles. The van der Waals surface area contributed by atoms with Gasteiger partial charge in [0.15, 0.2) is 11.5 Å². The van der Waals surface area contributed by atoms with Gasteiger partial charge in [-0.05, 0) is 43.2 Å². The Kier molecular flexibility index (Phi) is 6.50. The van der Waals surface area contributed by atoms with Crippen LogP contribution in [0.1, 0.15) is 18.1 Å². The van der Waals surface area contributed by atoms with E-state index in [-0.39, 0.29) is 0 Å². The summed E-state index contributed by atoms with van der Waals surface area (Å²) < 4.78 is 15.8. The summed E-state index contributed by atoms with van der Waals surface area (Å²) in [7, 11) is 4.42. The number of nitrogens with zero attached hydrogens (tertiary/aromatic N) is 1. The van der Waals surface area contributed by atoms with Crippen molar-refractivity contribution in [1.82, 2.24) is 10.2 Å². The first-order valence-electron chi connectivity index (χ1n) is 9.65. The molecular weight excluding hydrogens is 438 g/mol. The maximum absolute atomic E-state index is 13.2. The summed E-state index contributed by atoms with van der Waals surface area (Å²) in [5, 5.41) is 5.81. The van der Waals surface area contributed by atoms with Crippen LogP contribution < -0.4 is 24.8 Å². The summed E-state index contributed by atoms with van der Waals surface area (Å²) >= 11 is 6.09. The van der Waals surface area contributed by atoms with E-state index in [2.05, 4.69) is 10.6 Å². The van der Waals surface area contributed by atoms with Crippen LogP contribution in [0.4, 0.5) is 10.5 Å². The van der Waals surface area contributed by atoms with Gasteiger partial charge in [0.05, 0.1) is 27.0 Å². The van der Waals surface area contributed by atoms with Crippen molar-refractivity contribution in [3.8, 4) is 17.2 Å². The topological polar surface area (TPSA) is 106 Å². The minimum Gasteiger partial charge on any atom is -0.495 e. The molecule has 2 aromatic carbocycles. The Bertz CT molecular complexity index is 1090. The van der Waals surface area contributed by atoms with Crippen LogP contribution >= 0.6 is 11.6 Å². The predicted octanol–water partition coefficient (Wildman–Crippen LogP) is 3.08. The van der Waals surface area contributed by atoms with Gasteiger partial charge >= 0.3 is 6.03 Å². The van der Waals surface area contributed by atoms with Crippen molar-refractivity contribution in [2.24, 2.45) is 0 Å². The zero-order chi connectivity index (χ0) is 23.6. The van der Waals surface area contributed by atoms with Gasteiger partial charge in [0.2, 0.25) is 5.91 Å². The predicted molar refractivity (Wildman–Crippen MR) is 119 cm³/mol. The molecule has 1 unspecified atom stereocenters. The molecule has 4 amide bonds. The van der Waals surface area contributed by atoms with Crippen molar-refractivity contribution in [3.05, 3.63) is 46.5 Å². The number of aryl methyl sites for hydroxylation is 1. The van der Waals surface area contributed by atoms with Gasteiger partial charge in [0, 0.05) is 11.1 Å². The lowest BCUT2D eigenvalue weighted by atomic mass is 9.91. The number of imide groups is 1. The number of amides is 4. The van der Waals surface area contributed by atoms with Gasteiger partial charge in [-0.1, -0.05) is 17.7 Å². The molecule has 2 aromatic rings. The van der Waals surface area contributed by atoms with E-state index in [0.717, 1.165) is 10.5 Å². The van der Waals surface area contributed by atoms with Gasteiger partial charge < -0.3 is 24.8 Å². The van der Waals surface area contributed by atoms with Crippen molar-refractivity contribution in [2.75, 3.05) is 33.2 Å². The van der Waals surface area contributed by atoms with Crippen molar-refractivity contribution >= 4 is 35.1 Å². The van der Waals surface area contributed by atoms with Crippen LogP contribution in [0.3, 0.4) is 0 Å². The first-order valence-corrected chi connectivity index (χ1v) is 10.0. The molecule has 1 atom stereocenters.